The predicted octanol–water partition coefficient (Wildman–Crippen LogP) is 2.76. The topological polar surface area (TPSA) is 92.8 Å². The van der Waals surface area contributed by atoms with Gasteiger partial charge >= 0.3 is 5.97 Å². The van der Waals surface area contributed by atoms with Crippen molar-refractivity contribution in [3.63, 3.8) is 0 Å². The summed E-state index contributed by atoms with van der Waals surface area (Å²) in [6.45, 7) is 4.56. The highest BCUT2D eigenvalue weighted by atomic mass is 32.2. The van der Waals surface area contributed by atoms with Crippen molar-refractivity contribution >= 4 is 27.6 Å². The summed E-state index contributed by atoms with van der Waals surface area (Å²) in [5, 5.41) is 2.68. The van der Waals surface area contributed by atoms with Crippen molar-refractivity contribution < 1.29 is 22.7 Å². The van der Waals surface area contributed by atoms with E-state index in [0.29, 0.717) is 31.1 Å². The van der Waals surface area contributed by atoms with Gasteiger partial charge in [0.15, 0.2) is 6.61 Å². The van der Waals surface area contributed by atoms with Crippen LogP contribution >= 0.6 is 0 Å². The fourth-order valence-corrected chi connectivity index (χ4v) is 4.78. The Hall–Kier alpha value is -2.87. The van der Waals surface area contributed by atoms with Crippen LogP contribution in [0.3, 0.4) is 0 Å². The van der Waals surface area contributed by atoms with Crippen molar-refractivity contribution in [3.8, 4) is 0 Å². The average Bonchev–Trinajstić information content (AvgIpc) is 3.17. The smallest absolute Gasteiger partial charge is 0.338 e. The maximum Gasteiger partial charge on any atom is 0.338 e. The number of benzene rings is 2. The highest BCUT2D eigenvalue weighted by molar-refractivity contribution is 7.92. The number of para-hydroxylation sites is 1. The Labute approximate surface area is 177 Å². The van der Waals surface area contributed by atoms with Gasteiger partial charge in [0.2, 0.25) is 0 Å². The Morgan fingerprint density at radius 1 is 1.13 bits per heavy atom. The number of hydrogen-bond donors (Lipinski definition) is 1. The number of ether oxygens (including phenoxy) is 1. The van der Waals surface area contributed by atoms with Crippen molar-refractivity contribution in [2.24, 2.45) is 5.92 Å². The number of fused-ring (bicyclic) bond motifs is 1. The molecule has 0 saturated carbocycles. The number of amides is 1. The lowest BCUT2D eigenvalue weighted by molar-refractivity contribution is -0.124. The molecule has 7 nitrogen and oxygen atoms in total. The Kier molecular flexibility index (Phi) is 6.77. The molecule has 30 heavy (non-hydrogen) atoms. The van der Waals surface area contributed by atoms with Gasteiger partial charge in [0, 0.05) is 13.1 Å². The van der Waals surface area contributed by atoms with Crippen LogP contribution in [-0.2, 0) is 26.0 Å². The number of carbonyl (C=O) groups is 2. The molecule has 0 radical (unpaired) electrons. The number of rotatable bonds is 8. The molecule has 3 rings (SSSR count). The van der Waals surface area contributed by atoms with Crippen LogP contribution in [0.15, 0.2) is 53.4 Å². The average molecular weight is 431 g/mol. The fraction of sp³-hybridized carbons (Fsp3) is 0.364. The lowest BCUT2D eigenvalue weighted by Crippen LogP contribution is -2.30. The summed E-state index contributed by atoms with van der Waals surface area (Å²) in [5.74, 6) is -0.672. The van der Waals surface area contributed by atoms with Crippen LogP contribution in [0.4, 0.5) is 5.69 Å². The number of carbonyl (C=O) groups excluding carboxylic acids is 2. The van der Waals surface area contributed by atoms with E-state index >= 15 is 0 Å². The first-order valence-electron chi connectivity index (χ1n) is 9.93. The second kappa shape index (κ2) is 9.30. The van der Waals surface area contributed by atoms with Gasteiger partial charge in [-0.3, -0.25) is 9.10 Å². The van der Waals surface area contributed by atoms with Crippen LogP contribution in [0.25, 0.3) is 0 Å². The summed E-state index contributed by atoms with van der Waals surface area (Å²) in [4.78, 5) is 24.1. The Balaban J connectivity index is 1.67. The molecule has 1 heterocycles. The number of nitrogens with zero attached hydrogens (tertiary/aromatic N) is 1. The number of sulfonamides is 1. The Bertz CT molecular complexity index is 1030. The monoisotopic (exact) mass is 430 g/mol. The normalized spacial score (nSPS) is 13.2. The van der Waals surface area contributed by atoms with E-state index in [0.717, 1.165) is 12.0 Å². The maximum atomic E-state index is 13.1. The van der Waals surface area contributed by atoms with E-state index in [2.05, 4.69) is 5.32 Å². The molecule has 8 heteroatoms. The molecule has 160 valence electrons. The van der Waals surface area contributed by atoms with Crippen molar-refractivity contribution in [1.29, 1.82) is 0 Å². The first-order valence-corrected chi connectivity index (χ1v) is 11.4. The van der Waals surface area contributed by atoms with Crippen LogP contribution in [0.1, 0.15) is 36.2 Å². The first kappa shape index (κ1) is 21.8. The highest BCUT2D eigenvalue weighted by Crippen LogP contribution is 2.32. The molecular formula is C22H26N2O5S. The van der Waals surface area contributed by atoms with Gasteiger partial charge in [-0.25, -0.2) is 13.2 Å². The van der Waals surface area contributed by atoms with Crippen LogP contribution in [0, 0.1) is 5.92 Å². The third kappa shape index (κ3) is 4.99. The molecule has 1 aliphatic rings. The zero-order valence-corrected chi connectivity index (χ0v) is 17.9. The van der Waals surface area contributed by atoms with E-state index in [1.165, 1.54) is 28.6 Å². The zero-order valence-electron chi connectivity index (χ0n) is 17.1. The second-order valence-corrected chi connectivity index (χ2v) is 9.45. The van der Waals surface area contributed by atoms with Gasteiger partial charge in [-0.1, -0.05) is 38.1 Å². The molecule has 1 amide bonds. The summed E-state index contributed by atoms with van der Waals surface area (Å²) in [7, 11) is -3.81. The summed E-state index contributed by atoms with van der Waals surface area (Å²) >= 11 is 0. The summed E-state index contributed by atoms with van der Waals surface area (Å²) in [6, 6.07) is 13.1. The van der Waals surface area contributed by atoms with Crippen LogP contribution in [-0.4, -0.2) is 40.0 Å². The van der Waals surface area contributed by atoms with Crippen LogP contribution < -0.4 is 9.62 Å². The molecule has 0 aliphatic carbocycles. The molecule has 0 aromatic heterocycles. The van der Waals surface area contributed by atoms with Gasteiger partial charge in [-0.05, 0) is 48.6 Å². The van der Waals surface area contributed by atoms with Gasteiger partial charge in [-0.2, -0.15) is 0 Å². The number of esters is 1. The molecule has 2 aromatic carbocycles. The summed E-state index contributed by atoms with van der Waals surface area (Å²) < 4.78 is 32.6. The first-order chi connectivity index (χ1) is 14.3. The molecule has 1 aliphatic heterocycles. The van der Waals surface area contributed by atoms with Gasteiger partial charge in [0.1, 0.15) is 0 Å². The standard InChI is InChI=1S/C22H26N2O5S/c1-16(2)10-12-23-21(25)15-29-22(26)18-7-5-8-19(14-18)30(27,28)24-13-11-17-6-3-4-9-20(17)24/h3-9,14,16H,10-13,15H2,1-2H3,(H,23,25). The van der Waals surface area contributed by atoms with E-state index in [-0.39, 0.29) is 16.4 Å². The van der Waals surface area contributed by atoms with Crippen molar-refractivity contribution in [2.45, 2.75) is 31.6 Å². The van der Waals surface area contributed by atoms with Crippen molar-refractivity contribution in [1.82, 2.24) is 5.32 Å². The maximum absolute atomic E-state index is 13.1. The zero-order chi connectivity index (χ0) is 21.7. The number of nitrogens with one attached hydrogen (secondary N) is 1. The van der Waals surface area contributed by atoms with E-state index in [9.17, 15) is 18.0 Å². The lowest BCUT2D eigenvalue weighted by atomic mass is 10.1. The quantitative estimate of drug-likeness (QED) is 0.650. The minimum absolute atomic E-state index is 0.00929. The van der Waals surface area contributed by atoms with E-state index < -0.39 is 22.6 Å². The molecule has 0 fully saturated rings. The number of hydrogen-bond acceptors (Lipinski definition) is 5. The molecular weight excluding hydrogens is 404 g/mol. The summed E-state index contributed by atoms with van der Waals surface area (Å²) in [6.07, 6.45) is 1.47. The fourth-order valence-electron chi connectivity index (χ4n) is 3.23. The lowest BCUT2D eigenvalue weighted by Gasteiger charge is -2.19. The van der Waals surface area contributed by atoms with E-state index in [4.69, 9.17) is 4.74 Å². The van der Waals surface area contributed by atoms with Gasteiger partial charge in [0.05, 0.1) is 16.1 Å². The van der Waals surface area contributed by atoms with Gasteiger partial charge in [0.25, 0.3) is 15.9 Å². The Morgan fingerprint density at radius 2 is 1.90 bits per heavy atom. The SMILES string of the molecule is CC(C)CCNC(=O)COC(=O)c1cccc(S(=O)(=O)N2CCc3ccccc32)c1. The van der Waals surface area contributed by atoms with Crippen LogP contribution in [0.2, 0.25) is 0 Å². The third-order valence-corrected chi connectivity index (χ3v) is 6.69. The summed E-state index contributed by atoms with van der Waals surface area (Å²) in [5.41, 5.74) is 1.71. The highest BCUT2D eigenvalue weighted by Gasteiger charge is 2.31. The Morgan fingerprint density at radius 3 is 2.67 bits per heavy atom. The van der Waals surface area contributed by atoms with Gasteiger partial charge in [-0.15, -0.1) is 0 Å². The molecule has 1 N–H and O–H groups in total. The van der Waals surface area contributed by atoms with Crippen molar-refractivity contribution in [3.05, 3.63) is 59.7 Å². The van der Waals surface area contributed by atoms with Crippen molar-refractivity contribution in [2.75, 3.05) is 24.0 Å². The molecule has 2 aromatic rings. The molecule has 0 atom stereocenters. The largest absolute Gasteiger partial charge is 0.452 e. The van der Waals surface area contributed by atoms with E-state index in [1.807, 2.05) is 26.0 Å². The third-order valence-electron chi connectivity index (χ3n) is 4.88. The minimum atomic E-state index is -3.81. The molecule has 0 spiro atoms. The molecule has 0 saturated heterocycles. The minimum Gasteiger partial charge on any atom is -0.452 e. The van der Waals surface area contributed by atoms with E-state index in [1.54, 1.807) is 12.1 Å². The molecule has 0 unspecified atom stereocenters. The second-order valence-electron chi connectivity index (χ2n) is 7.59. The van der Waals surface area contributed by atoms with Gasteiger partial charge < -0.3 is 10.1 Å². The van der Waals surface area contributed by atoms with Crippen LogP contribution in [0.5, 0.6) is 0 Å². The predicted molar refractivity (Wildman–Crippen MR) is 114 cm³/mol. The number of anilines is 1. The molecule has 0 bridgehead atoms.